The van der Waals surface area contributed by atoms with E-state index in [2.05, 4.69) is 26.1 Å². The summed E-state index contributed by atoms with van der Waals surface area (Å²) in [5.41, 5.74) is 0.274. The van der Waals surface area contributed by atoms with E-state index >= 15 is 0 Å². The minimum atomic E-state index is 0.274. The lowest BCUT2D eigenvalue weighted by atomic mass is 9.95. The third-order valence-electron chi connectivity index (χ3n) is 3.67. The van der Waals surface area contributed by atoms with Crippen LogP contribution in [-0.4, -0.2) is 25.3 Å². The first-order valence-electron chi connectivity index (χ1n) is 6.39. The van der Waals surface area contributed by atoms with Crippen LogP contribution in [0.3, 0.4) is 0 Å². The van der Waals surface area contributed by atoms with Gasteiger partial charge in [-0.3, -0.25) is 0 Å². The van der Waals surface area contributed by atoms with Gasteiger partial charge in [0, 0.05) is 18.8 Å². The van der Waals surface area contributed by atoms with Gasteiger partial charge in [0.1, 0.15) is 0 Å². The van der Waals surface area contributed by atoms with Crippen molar-refractivity contribution < 1.29 is 4.74 Å². The number of nitrogens with one attached hydrogen (secondary N) is 1. The number of hydrogen-bond donors (Lipinski definition) is 1. The molecule has 0 aromatic rings. The molecule has 1 aliphatic carbocycles. The van der Waals surface area contributed by atoms with E-state index in [1.807, 2.05) is 0 Å². The molecule has 2 rings (SSSR count). The molecular weight excluding hydrogens is 186 g/mol. The molecule has 1 aliphatic heterocycles. The molecule has 0 aromatic carbocycles. The van der Waals surface area contributed by atoms with Crippen molar-refractivity contribution in [2.75, 3.05) is 19.8 Å². The van der Waals surface area contributed by atoms with E-state index in [0.717, 1.165) is 31.0 Å². The average molecular weight is 211 g/mol. The van der Waals surface area contributed by atoms with Crippen molar-refractivity contribution in [1.82, 2.24) is 5.32 Å². The van der Waals surface area contributed by atoms with Crippen molar-refractivity contribution in [3.05, 3.63) is 0 Å². The first-order chi connectivity index (χ1) is 7.06. The zero-order valence-electron chi connectivity index (χ0n) is 10.4. The molecule has 88 valence electrons. The highest BCUT2D eigenvalue weighted by Gasteiger charge is 2.43. The Balaban J connectivity index is 1.67. The van der Waals surface area contributed by atoms with Gasteiger partial charge in [-0.15, -0.1) is 0 Å². The Morgan fingerprint density at radius 2 is 2.13 bits per heavy atom. The highest BCUT2D eigenvalue weighted by atomic mass is 16.5. The Morgan fingerprint density at radius 3 is 2.73 bits per heavy atom. The molecule has 0 spiro atoms. The van der Waals surface area contributed by atoms with Crippen molar-refractivity contribution in [3.63, 3.8) is 0 Å². The summed E-state index contributed by atoms with van der Waals surface area (Å²) in [4.78, 5) is 0. The van der Waals surface area contributed by atoms with Crippen molar-refractivity contribution in [1.29, 1.82) is 0 Å². The molecule has 2 nitrogen and oxygen atoms in total. The highest BCUT2D eigenvalue weighted by molar-refractivity contribution is 4.94. The van der Waals surface area contributed by atoms with Crippen molar-refractivity contribution in [3.8, 4) is 0 Å². The largest absolute Gasteiger partial charge is 0.381 e. The number of hydrogen-bond acceptors (Lipinski definition) is 2. The fourth-order valence-corrected chi connectivity index (χ4v) is 2.62. The maximum absolute atomic E-state index is 5.56. The van der Waals surface area contributed by atoms with Gasteiger partial charge in [0.25, 0.3) is 0 Å². The van der Waals surface area contributed by atoms with Crippen LogP contribution in [0.4, 0.5) is 0 Å². The van der Waals surface area contributed by atoms with E-state index in [1.54, 1.807) is 0 Å². The summed E-state index contributed by atoms with van der Waals surface area (Å²) in [6.07, 6.45) is 4.11. The van der Waals surface area contributed by atoms with Gasteiger partial charge in [0.15, 0.2) is 0 Å². The van der Waals surface area contributed by atoms with Crippen LogP contribution in [0.1, 0.15) is 40.0 Å². The summed E-state index contributed by atoms with van der Waals surface area (Å²) in [6.45, 7) is 9.95. The van der Waals surface area contributed by atoms with Gasteiger partial charge in [-0.1, -0.05) is 0 Å². The van der Waals surface area contributed by atoms with Gasteiger partial charge in [-0.25, -0.2) is 0 Å². The lowest BCUT2D eigenvalue weighted by molar-refractivity contribution is 0.0443. The molecule has 0 bridgehead atoms. The van der Waals surface area contributed by atoms with E-state index in [0.29, 0.717) is 0 Å². The van der Waals surface area contributed by atoms with Gasteiger partial charge >= 0.3 is 0 Å². The quantitative estimate of drug-likeness (QED) is 0.774. The second-order valence-electron chi connectivity index (χ2n) is 6.27. The Hall–Kier alpha value is -0.0800. The molecule has 1 saturated carbocycles. The smallest absolute Gasteiger partial charge is 0.0497 e. The normalized spacial score (nSPS) is 36.6. The third-order valence-corrected chi connectivity index (χ3v) is 3.67. The second kappa shape index (κ2) is 4.42. The van der Waals surface area contributed by atoms with E-state index in [1.165, 1.54) is 25.8 Å². The Bertz CT molecular complexity index is 203. The molecule has 1 heterocycles. The van der Waals surface area contributed by atoms with Crippen LogP contribution in [0.5, 0.6) is 0 Å². The molecule has 3 atom stereocenters. The molecule has 0 amide bonds. The summed E-state index contributed by atoms with van der Waals surface area (Å²) in [5, 5.41) is 3.61. The van der Waals surface area contributed by atoms with E-state index < -0.39 is 0 Å². The van der Waals surface area contributed by atoms with Gasteiger partial charge < -0.3 is 10.1 Å². The van der Waals surface area contributed by atoms with Crippen LogP contribution < -0.4 is 5.32 Å². The standard InChI is InChI=1S/C13H25NO/c1-13(2,3)14-8-11-7-12(11)10-5-4-6-15-9-10/h10-12,14H,4-9H2,1-3H3. The SMILES string of the molecule is CC(C)(C)NCC1CC1C1CCCOC1. The fraction of sp³-hybridized carbons (Fsp3) is 1.00. The molecule has 2 aliphatic rings. The summed E-state index contributed by atoms with van der Waals surface area (Å²) < 4.78 is 5.56. The maximum atomic E-state index is 5.56. The molecule has 15 heavy (non-hydrogen) atoms. The van der Waals surface area contributed by atoms with Crippen molar-refractivity contribution in [2.24, 2.45) is 17.8 Å². The molecule has 0 aromatic heterocycles. The molecule has 2 heteroatoms. The van der Waals surface area contributed by atoms with Crippen LogP contribution in [0, 0.1) is 17.8 Å². The summed E-state index contributed by atoms with van der Waals surface area (Å²) in [6, 6.07) is 0. The van der Waals surface area contributed by atoms with Crippen molar-refractivity contribution >= 4 is 0 Å². The highest BCUT2D eigenvalue weighted by Crippen LogP contribution is 2.46. The first-order valence-corrected chi connectivity index (χ1v) is 6.39. The van der Waals surface area contributed by atoms with Gasteiger partial charge in [0.05, 0.1) is 0 Å². The first kappa shape index (κ1) is 11.4. The molecular formula is C13H25NO. The predicted molar refractivity (Wildman–Crippen MR) is 62.9 cm³/mol. The molecule has 3 unspecified atom stereocenters. The second-order valence-corrected chi connectivity index (χ2v) is 6.27. The van der Waals surface area contributed by atoms with Gasteiger partial charge in [0.2, 0.25) is 0 Å². The molecule has 1 N–H and O–H groups in total. The lowest BCUT2D eigenvalue weighted by Crippen LogP contribution is -2.37. The number of ether oxygens (including phenoxy) is 1. The maximum Gasteiger partial charge on any atom is 0.0497 e. The Morgan fingerprint density at radius 1 is 1.33 bits per heavy atom. The number of rotatable bonds is 3. The third kappa shape index (κ3) is 3.46. The zero-order chi connectivity index (χ0) is 10.9. The lowest BCUT2D eigenvalue weighted by Gasteiger charge is -2.24. The van der Waals surface area contributed by atoms with Crippen LogP contribution in [0.2, 0.25) is 0 Å². The van der Waals surface area contributed by atoms with E-state index in [-0.39, 0.29) is 5.54 Å². The van der Waals surface area contributed by atoms with Crippen molar-refractivity contribution in [2.45, 2.75) is 45.6 Å². The van der Waals surface area contributed by atoms with Crippen LogP contribution in [0.15, 0.2) is 0 Å². The van der Waals surface area contributed by atoms with E-state index in [9.17, 15) is 0 Å². The Labute approximate surface area is 93.8 Å². The van der Waals surface area contributed by atoms with Gasteiger partial charge in [-0.2, -0.15) is 0 Å². The predicted octanol–water partition coefficient (Wildman–Crippen LogP) is 2.44. The minimum absolute atomic E-state index is 0.274. The van der Waals surface area contributed by atoms with Crippen LogP contribution >= 0.6 is 0 Å². The minimum Gasteiger partial charge on any atom is -0.381 e. The average Bonchev–Trinajstić information content (AvgIpc) is 2.94. The van der Waals surface area contributed by atoms with Gasteiger partial charge in [-0.05, 0) is 64.3 Å². The van der Waals surface area contributed by atoms with Crippen LogP contribution in [0.25, 0.3) is 0 Å². The summed E-state index contributed by atoms with van der Waals surface area (Å²) >= 11 is 0. The fourth-order valence-electron chi connectivity index (χ4n) is 2.62. The molecule has 2 fully saturated rings. The van der Waals surface area contributed by atoms with E-state index in [4.69, 9.17) is 4.74 Å². The topological polar surface area (TPSA) is 21.3 Å². The molecule has 1 saturated heterocycles. The zero-order valence-corrected chi connectivity index (χ0v) is 10.4. The summed E-state index contributed by atoms with van der Waals surface area (Å²) in [5.74, 6) is 2.75. The monoisotopic (exact) mass is 211 g/mol. The Kier molecular flexibility index (Phi) is 3.36. The summed E-state index contributed by atoms with van der Waals surface area (Å²) in [7, 11) is 0. The molecule has 0 radical (unpaired) electrons. The van der Waals surface area contributed by atoms with Crippen LogP contribution in [-0.2, 0) is 4.74 Å².